The van der Waals surface area contributed by atoms with Gasteiger partial charge in [-0.05, 0) is 13.8 Å². The number of rotatable bonds is 3. The summed E-state index contributed by atoms with van der Waals surface area (Å²) in [6.07, 6.45) is 0. The van der Waals surface area contributed by atoms with Crippen molar-refractivity contribution >= 4 is 13.2 Å². The molecular weight excluding hydrogens is 163 g/mol. The first-order valence-corrected chi connectivity index (χ1v) is 5.44. The Balaban J connectivity index is 4.52. The molecule has 2 atom stereocenters. The first kappa shape index (κ1) is 10.6. The van der Waals surface area contributed by atoms with Crippen LogP contribution in [-0.4, -0.2) is 23.0 Å². The van der Waals surface area contributed by atoms with Gasteiger partial charge >= 0.3 is 0 Å². The zero-order valence-electron chi connectivity index (χ0n) is 7.00. The highest BCUT2D eigenvalue weighted by atomic mass is 31.2. The van der Waals surface area contributed by atoms with Crippen LogP contribution in [0.25, 0.3) is 0 Å². The molecule has 0 fully saturated rings. The monoisotopic (exact) mass is 176 g/mol. The Morgan fingerprint density at radius 3 is 2.09 bits per heavy atom. The van der Waals surface area contributed by atoms with E-state index in [0.717, 1.165) is 0 Å². The van der Waals surface area contributed by atoms with E-state index in [2.05, 4.69) is 6.58 Å². The van der Waals surface area contributed by atoms with Crippen molar-refractivity contribution in [2.45, 2.75) is 19.5 Å². The van der Waals surface area contributed by atoms with Crippen LogP contribution < -0.4 is 0 Å². The highest BCUT2D eigenvalue weighted by molar-refractivity contribution is 7.58. The maximum absolute atomic E-state index is 11.0. The van der Waals surface area contributed by atoms with Gasteiger partial charge in [0.05, 0.1) is 5.66 Å². The fourth-order valence-corrected chi connectivity index (χ4v) is 1.34. The standard InChI is InChI=1S/C7H13O3P/c1-5(6(2)8)7(3)11(4,9)10/h7H,1H2,2-4H3,(H,9,10). The van der Waals surface area contributed by atoms with Gasteiger partial charge in [-0.25, -0.2) is 0 Å². The minimum absolute atomic E-state index is 0.221. The van der Waals surface area contributed by atoms with Gasteiger partial charge in [-0.1, -0.05) is 6.58 Å². The molecule has 0 spiro atoms. The Morgan fingerprint density at radius 1 is 1.64 bits per heavy atom. The van der Waals surface area contributed by atoms with Gasteiger partial charge in [-0.3, -0.25) is 9.36 Å². The van der Waals surface area contributed by atoms with E-state index in [0.29, 0.717) is 0 Å². The third kappa shape index (κ3) is 3.00. The van der Waals surface area contributed by atoms with E-state index in [1.807, 2.05) is 0 Å². The van der Waals surface area contributed by atoms with E-state index >= 15 is 0 Å². The van der Waals surface area contributed by atoms with Gasteiger partial charge in [0.25, 0.3) is 0 Å². The normalized spacial score (nSPS) is 18.5. The number of carbonyl (C=O) groups excluding carboxylic acids is 1. The average molecular weight is 176 g/mol. The van der Waals surface area contributed by atoms with E-state index in [-0.39, 0.29) is 11.4 Å². The molecule has 0 saturated heterocycles. The molecular formula is C7H13O3P. The van der Waals surface area contributed by atoms with Crippen LogP contribution in [0.5, 0.6) is 0 Å². The number of carbonyl (C=O) groups is 1. The van der Waals surface area contributed by atoms with Gasteiger partial charge in [0, 0.05) is 12.2 Å². The van der Waals surface area contributed by atoms with Gasteiger partial charge in [0.15, 0.2) is 5.78 Å². The molecule has 0 aromatic rings. The molecule has 4 heteroatoms. The van der Waals surface area contributed by atoms with Crippen molar-refractivity contribution in [3.63, 3.8) is 0 Å². The van der Waals surface area contributed by atoms with Gasteiger partial charge in [0.2, 0.25) is 7.37 Å². The molecule has 0 heterocycles. The Bertz CT molecular complexity index is 226. The molecule has 64 valence electrons. The molecule has 0 amide bonds. The van der Waals surface area contributed by atoms with Crippen LogP contribution in [0.1, 0.15) is 13.8 Å². The lowest BCUT2D eigenvalue weighted by Gasteiger charge is -2.15. The second-order valence-electron chi connectivity index (χ2n) is 2.70. The van der Waals surface area contributed by atoms with E-state index < -0.39 is 13.0 Å². The lowest BCUT2D eigenvalue weighted by atomic mass is 10.2. The van der Waals surface area contributed by atoms with Crippen LogP contribution >= 0.6 is 7.37 Å². The number of allylic oxidation sites excluding steroid dienone is 1. The van der Waals surface area contributed by atoms with E-state index in [4.69, 9.17) is 4.89 Å². The fraction of sp³-hybridized carbons (Fsp3) is 0.571. The molecule has 0 aliphatic carbocycles. The summed E-state index contributed by atoms with van der Waals surface area (Å²) >= 11 is 0. The minimum atomic E-state index is -3.19. The maximum atomic E-state index is 11.0. The van der Waals surface area contributed by atoms with Crippen molar-refractivity contribution in [1.29, 1.82) is 0 Å². The summed E-state index contributed by atoms with van der Waals surface area (Å²) in [6.45, 7) is 7.54. The quantitative estimate of drug-likeness (QED) is 0.522. The largest absolute Gasteiger partial charge is 0.344 e. The molecule has 0 radical (unpaired) electrons. The Hall–Kier alpha value is -0.400. The predicted molar refractivity (Wildman–Crippen MR) is 45.0 cm³/mol. The Labute approximate surface area is 66.6 Å². The highest BCUT2D eigenvalue weighted by Gasteiger charge is 2.25. The third-order valence-electron chi connectivity index (χ3n) is 1.68. The molecule has 0 aliphatic rings. The Kier molecular flexibility index (Phi) is 3.21. The minimum Gasteiger partial charge on any atom is -0.344 e. The van der Waals surface area contributed by atoms with Crippen molar-refractivity contribution in [2.24, 2.45) is 0 Å². The first-order chi connectivity index (χ1) is 4.76. The molecule has 0 bridgehead atoms. The van der Waals surface area contributed by atoms with Crippen LogP contribution in [0.4, 0.5) is 0 Å². The smallest absolute Gasteiger partial charge is 0.204 e. The topological polar surface area (TPSA) is 54.4 Å². The SMILES string of the molecule is C=C(C(C)=O)C(C)P(C)(=O)O. The van der Waals surface area contributed by atoms with Gasteiger partial charge < -0.3 is 4.89 Å². The van der Waals surface area contributed by atoms with Crippen LogP contribution in [0.3, 0.4) is 0 Å². The number of ketones is 1. The molecule has 0 aromatic heterocycles. The van der Waals surface area contributed by atoms with Crippen molar-refractivity contribution in [2.75, 3.05) is 6.66 Å². The number of hydrogen-bond donors (Lipinski definition) is 1. The van der Waals surface area contributed by atoms with E-state index in [1.54, 1.807) is 0 Å². The molecule has 0 aromatic carbocycles. The van der Waals surface area contributed by atoms with Crippen LogP contribution in [0, 0.1) is 0 Å². The second-order valence-corrected chi connectivity index (χ2v) is 5.36. The average Bonchev–Trinajstić information content (AvgIpc) is 1.82. The zero-order chi connectivity index (χ0) is 9.23. The van der Waals surface area contributed by atoms with Crippen molar-refractivity contribution in [1.82, 2.24) is 0 Å². The van der Waals surface area contributed by atoms with E-state index in [9.17, 15) is 9.36 Å². The van der Waals surface area contributed by atoms with Crippen molar-refractivity contribution in [3.8, 4) is 0 Å². The second kappa shape index (κ2) is 3.33. The third-order valence-corrected chi connectivity index (χ3v) is 3.42. The molecule has 11 heavy (non-hydrogen) atoms. The maximum Gasteiger partial charge on any atom is 0.204 e. The van der Waals surface area contributed by atoms with E-state index in [1.165, 1.54) is 20.5 Å². The van der Waals surface area contributed by atoms with Crippen molar-refractivity contribution < 1.29 is 14.3 Å². The Morgan fingerprint density at radius 2 is 2.00 bits per heavy atom. The molecule has 0 rings (SSSR count). The summed E-state index contributed by atoms with van der Waals surface area (Å²) in [6, 6.07) is 0. The summed E-state index contributed by atoms with van der Waals surface area (Å²) in [4.78, 5) is 19.7. The van der Waals surface area contributed by atoms with Gasteiger partial charge in [-0.15, -0.1) is 0 Å². The van der Waals surface area contributed by atoms with Crippen molar-refractivity contribution in [3.05, 3.63) is 12.2 Å². The summed E-state index contributed by atoms with van der Waals surface area (Å²) in [5, 5.41) is 0. The summed E-state index contributed by atoms with van der Waals surface area (Å²) in [5.74, 6) is -0.228. The zero-order valence-corrected chi connectivity index (χ0v) is 7.89. The van der Waals surface area contributed by atoms with Gasteiger partial charge in [-0.2, -0.15) is 0 Å². The molecule has 0 saturated carbocycles. The lowest BCUT2D eigenvalue weighted by molar-refractivity contribution is -0.113. The fourth-order valence-electron chi connectivity index (χ4n) is 0.583. The van der Waals surface area contributed by atoms with Crippen LogP contribution in [0.2, 0.25) is 0 Å². The predicted octanol–water partition coefficient (Wildman–Crippen LogP) is 1.42. The highest BCUT2D eigenvalue weighted by Crippen LogP contribution is 2.44. The first-order valence-electron chi connectivity index (χ1n) is 3.26. The molecule has 3 nitrogen and oxygen atoms in total. The number of Topliss-reactive ketones (excluding diaryl/α,β-unsaturated/α-hetero) is 1. The van der Waals surface area contributed by atoms with Crippen LogP contribution in [-0.2, 0) is 9.36 Å². The van der Waals surface area contributed by atoms with Gasteiger partial charge in [0.1, 0.15) is 0 Å². The summed E-state index contributed by atoms with van der Waals surface area (Å²) in [7, 11) is -3.19. The molecule has 0 aliphatic heterocycles. The lowest BCUT2D eigenvalue weighted by Crippen LogP contribution is -2.11. The van der Waals surface area contributed by atoms with Crippen LogP contribution in [0.15, 0.2) is 12.2 Å². The molecule has 1 N–H and O–H groups in total. The number of hydrogen-bond acceptors (Lipinski definition) is 2. The summed E-state index contributed by atoms with van der Waals surface area (Å²) < 4.78 is 11.0. The molecule has 2 unspecified atom stereocenters. The summed E-state index contributed by atoms with van der Waals surface area (Å²) in [5.41, 5.74) is -0.404.